The summed E-state index contributed by atoms with van der Waals surface area (Å²) in [4.78, 5) is 25.9. The van der Waals surface area contributed by atoms with Crippen LogP contribution in [0.1, 0.15) is 34.5 Å². The molecule has 5 heteroatoms. The van der Waals surface area contributed by atoms with Gasteiger partial charge < -0.3 is 10.4 Å². The summed E-state index contributed by atoms with van der Waals surface area (Å²) in [5.41, 5.74) is 3.49. The summed E-state index contributed by atoms with van der Waals surface area (Å²) >= 11 is 0. The Hall–Kier alpha value is -2.50. The largest absolute Gasteiger partial charge is 0.394 e. The van der Waals surface area contributed by atoms with Crippen molar-refractivity contribution in [2.45, 2.75) is 19.4 Å². The third-order valence-electron chi connectivity index (χ3n) is 4.60. The van der Waals surface area contributed by atoms with Crippen molar-refractivity contribution in [2.24, 2.45) is 0 Å². The van der Waals surface area contributed by atoms with E-state index in [1.54, 1.807) is 24.3 Å². The van der Waals surface area contributed by atoms with E-state index in [1.165, 1.54) is 12.5 Å². The van der Waals surface area contributed by atoms with Gasteiger partial charge in [0.25, 0.3) is 0 Å². The fourth-order valence-corrected chi connectivity index (χ4v) is 3.31. The fraction of sp³-hybridized carbons (Fsp3) is 0.300. The van der Waals surface area contributed by atoms with Gasteiger partial charge in [-0.25, -0.2) is 0 Å². The number of amides is 1. The molecule has 0 saturated carbocycles. The molecule has 2 N–H and O–H groups in total. The standard InChI is InChI=1S/C20H22N2O3/c1-14(24)16-6-4-7-17(11-16)21-20(25)12-22-10-9-15-5-2-3-8-18(15)19(22)13-23/h2-8,11,19,23H,9-10,12-13H2,1H3,(H,21,25). The Morgan fingerprint density at radius 1 is 1.20 bits per heavy atom. The number of aliphatic hydroxyl groups excluding tert-OH is 1. The summed E-state index contributed by atoms with van der Waals surface area (Å²) in [6, 6.07) is 14.8. The van der Waals surface area contributed by atoms with Crippen LogP contribution in [0.2, 0.25) is 0 Å². The number of rotatable bonds is 5. The second-order valence-corrected chi connectivity index (χ2v) is 6.30. The molecule has 1 aliphatic heterocycles. The lowest BCUT2D eigenvalue weighted by molar-refractivity contribution is -0.118. The maximum absolute atomic E-state index is 12.4. The van der Waals surface area contributed by atoms with Crippen molar-refractivity contribution >= 4 is 17.4 Å². The van der Waals surface area contributed by atoms with Crippen LogP contribution in [0.4, 0.5) is 5.69 Å². The highest BCUT2D eigenvalue weighted by molar-refractivity contribution is 5.97. The van der Waals surface area contributed by atoms with Gasteiger partial charge in [-0.15, -0.1) is 0 Å². The SMILES string of the molecule is CC(=O)c1cccc(NC(=O)CN2CCc3ccccc3C2CO)c1. The predicted molar refractivity (Wildman–Crippen MR) is 96.6 cm³/mol. The third-order valence-corrected chi connectivity index (χ3v) is 4.60. The molecule has 1 heterocycles. The van der Waals surface area contributed by atoms with E-state index in [4.69, 9.17) is 0 Å². The topological polar surface area (TPSA) is 69.6 Å². The highest BCUT2D eigenvalue weighted by Gasteiger charge is 2.27. The number of nitrogens with zero attached hydrogens (tertiary/aromatic N) is 1. The summed E-state index contributed by atoms with van der Waals surface area (Å²) in [7, 11) is 0. The van der Waals surface area contributed by atoms with Crippen LogP contribution in [0.15, 0.2) is 48.5 Å². The average Bonchev–Trinajstić information content (AvgIpc) is 2.61. The van der Waals surface area contributed by atoms with Gasteiger partial charge in [0.1, 0.15) is 0 Å². The molecule has 3 rings (SSSR count). The van der Waals surface area contributed by atoms with Gasteiger partial charge in [-0.05, 0) is 36.6 Å². The molecule has 1 aliphatic rings. The molecule has 0 aliphatic carbocycles. The monoisotopic (exact) mass is 338 g/mol. The number of ketones is 1. The normalized spacial score (nSPS) is 17.0. The maximum atomic E-state index is 12.4. The van der Waals surface area contributed by atoms with Crippen LogP contribution in [-0.2, 0) is 11.2 Å². The lowest BCUT2D eigenvalue weighted by Gasteiger charge is -2.35. The lowest BCUT2D eigenvalue weighted by atomic mass is 9.93. The summed E-state index contributed by atoms with van der Waals surface area (Å²) in [5, 5.41) is 12.6. The van der Waals surface area contributed by atoms with Crippen molar-refractivity contribution in [3.8, 4) is 0 Å². The minimum absolute atomic E-state index is 0.0237. The Bertz CT molecular complexity index is 788. The zero-order valence-electron chi connectivity index (χ0n) is 14.2. The van der Waals surface area contributed by atoms with Gasteiger partial charge in [-0.1, -0.05) is 36.4 Å². The summed E-state index contributed by atoms with van der Waals surface area (Å²) in [6.07, 6.45) is 0.861. The molecule has 25 heavy (non-hydrogen) atoms. The highest BCUT2D eigenvalue weighted by Crippen LogP contribution is 2.29. The van der Waals surface area contributed by atoms with E-state index in [1.807, 2.05) is 23.1 Å². The van der Waals surface area contributed by atoms with Gasteiger partial charge in [-0.3, -0.25) is 14.5 Å². The molecule has 2 aromatic carbocycles. The number of carbonyl (C=O) groups excluding carboxylic acids is 2. The predicted octanol–water partition coefficient (Wildman–Crippen LogP) is 2.42. The van der Waals surface area contributed by atoms with Crippen LogP contribution in [0.3, 0.4) is 0 Å². The molecule has 5 nitrogen and oxygen atoms in total. The number of hydrogen-bond donors (Lipinski definition) is 2. The minimum Gasteiger partial charge on any atom is -0.394 e. The van der Waals surface area contributed by atoms with Crippen LogP contribution in [-0.4, -0.2) is 41.4 Å². The second-order valence-electron chi connectivity index (χ2n) is 6.30. The van der Waals surface area contributed by atoms with Crippen LogP contribution < -0.4 is 5.32 Å². The molecule has 130 valence electrons. The second kappa shape index (κ2) is 7.59. The smallest absolute Gasteiger partial charge is 0.238 e. The van der Waals surface area contributed by atoms with Gasteiger partial charge in [0.15, 0.2) is 5.78 Å². The van der Waals surface area contributed by atoms with Gasteiger partial charge in [0.05, 0.1) is 19.2 Å². The van der Waals surface area contributed by atoms with Crippen molar-refractivity contribution < 1.29 is 14.7 Å². The molecular formula is C20H22N2O3. The molecule has 0 bridgehead atoms. The maximum Gasteiger partial charge on any atom is 0.238 e. The van der Waals surface area contributed by atoms with E-state index < -0.39 is 0 Å². The first-order chi connectivity index (χ1) is 12.1. The third kappa shape index (κ3) is 3.95. The molecule has 1 amide bonds. The number of Topliss-reactive ketones (excluding diaryl/α,β-unsaturated/α-hetero) is 1. The summed E-state index contributed by atoms with van der Waals surface area (Å²) in [5.74, 6) is -0.192. The highest BCUT2D eigenvalue weighted by atomic mass is 16.3. The van der Waals surface area contributed by atoms with Crippen LogP contribution in [0, 0.1) is 0 Å². The quantitative estimate of drug-likeness (QED) is 0.822. The van der Waals surface area contributed by atoms with Crippen molar-refractivity contribution in [3.05, 3.63) is 65.2 Å². The number of benzene rings is 2. The zero-order valence-corrected chi connectivity index (χ0v) is 14.2. The van der Waals surface area contributed by atoms with E-state index in [-0.39, 0.29) is 30.9 Å². The Balaban J connectivity index is 1.69. The van der Waals surface area contributed by atoms with Gasteiger partial charge in [0, 0.05) is 17.8 Å². The molecule has 0 fully saturated rings. The number of fused-ring (bicyclic) bond motifs is 1. The van der Waals surface area contributed by atoms with Crippen molar-refractivity contribution in [1.29, 1.82) is 0 Å². The van der Waals surface area contributed by atoms with Crippen molar-refractivity contribution in [2.75, 3.05) is 25.0 Å². The zero-order chi connectivity index (χ0) is 17.8. The summed E-state index contributed by atoms with van der Waals surface area (Å²) in [6.45, 7) is 2.40. The molecule has 1 atom stereocenters. The Labute approximate surface area is 147 Å². The number of carbonyl (C=O) groups is 2. The molecule has 1 unspecified atom stereocenters. The summed E-state index contributed by atoms with van der Waals surface area (Å²) < 4.78 is 0. The molecule has 2 aromatic rings. The van der Waals surface area contributed by atoms with Gasteiger partial charge in [-0.2, -0.15) is 0 Å². The van der Waals surface area contributed by atoms with Crippen molar-refractivity contribution in [3.63, 3.8) is 0 Å². The molecule has 0 saturated heterocycles. The van der Waals surface area contributed by atoms with E-state index in [0.29, 0.717) is 11.3 Å². The number of anilines is 1. The fourth-order valence-electron chi connectivity index (χ4n) is 3.31. The minimum atomic E-state index is -0.167. The van der Waals surface area contributed by atoms with Crippen LogP contribution >= 0.6 is 0 Å². The molecular weight excluding hydrogens is 316 g/mol. The number of hydrogen-bond acceptors (Lipinski definition) is 4. The Kier molecular flexibility index (Phi) is 5.26. The van der Waals surface area contributed by atoms with Crippen molar-refractivity contribution in [1.82, 2.24) is 4.90 Å². The van der Waals surface area contributed by atoms with E-state index in [2.05, 4.69) is 11.4 Å². The first kappa shape index (κ1) is 17.3. The van der Waals surface area contributed by atoms with E-state index in [9.17, 15) is 14.7 Å². The van der Waals surface area contributed by atoms with Gasteiger partial charge in [0.2, 0.25) is 5.91 Å². The first-order valence-corrected chi connectivity index (χ1v) is 8.42. The molecule has 0 radical (unpaired) electrons. The van der Waals surface area contributed by atoms with E-state index >= 15 is 0 Å². The van der Waals surface area contributed by atoms with Gasteiger partial charge >= 0.3 is 0 Å². The van der Waals surface area contributed by atoms with Crippen LogP contribution in [0.25, 0.3) is 0 Å². The van der Waals surface area contributed by atoms with E-state index in [0.717, 1.165) is 18.5 Å². The average molecular weight is 338 g/mol. The first-order valence-electron chi connectivity index (χ1n) is 8.42. The Morgan fingerprint density at radius 3 is 2.76 bits per heavy atom. The lowest BCUT2D eigenvalue weighted by Crippen LogP contribution is -2.42. The number of aliphatic hydroxyl groups is 1. The molecule has 0 aromatic heterocycles. The van der Waals surface area contributed by atoms with Crippen LogP contribution in [0.5, 0.6) is 0 Å². The number of nitrogens with one attached hydrogen (secondary N) is 1. The Morgan fingerprint density at radius 2 is 2.00 bits per heavy atom. The molecule has 0 spiro atoms.